The second-order valence-electron chi connectivity index (χ2n) is 3.94. The Labute approximate surface area is 114 Å². The Hall–Kier alpha value is -2.07. The molecule has 2 aromatic rings. The van der Waals surface area contributed by atoms with Crippen LogP contribution in [0.5, 0.6) is 0 Å². The minimum Gasteiger partial charge on any atom is -0.478 e. The SMILES string of the molecule is O=C(O)c1ccc(Cl)cc1NCc1ccccc1F. The summed E-state index contributed by atoms with van der Waals surface area (Å²) in [7, 11) is 0. The van der Waals surface area contributed by atoms with Gasteiger partial charge in [0.05, 0.1) is 11.3 Å². The van der Waals surface area contributed by atoms with Gasteiger partial charge in [-0.05, 0) is 24.3 Å². The predicted molar refractivity (Wildman–Crippen MR) is 72.1 cm³/mol. The molecule has 0 spiro atoms. The number of hydrogen-bond acceptors (Lipinski definition) is 2. The van der Waals surface area contributed by atoms with Gasteiger partial charge in [-0.15, -0.1) is 0 Å². The lowest BCUT2D eigenvalue weighted by atomic mass is 10.1. The lowest BCUT2D eigenvalue weighted by Gasteiger charge is -2.10. The van der Waals surface area contributed by atoms with E-state index in [1.807, 2.05) is 0 Å². The fraction of sp³-hybridized carbons (Fsp3) is 0.0714. The summed E-state index contributed by atoms with van der Waals surface area (Å²) in [4.78, 5) is 11.1. The Kier molecular flexibility index (Phi) is 4.02. The number of halogens is 2. The summed E-state index contributed by atoms with van der Waals surface area (Å²) in [6.45, 7) is 0.188. The highest BCUT2D eigenvalue weighted by Gasteiger charge is 2.10. The van der Waals surface area contributed by atoms with E-state index in [4.69, 9.17) is 16.7 Å². The van der Waals surface area contributed by atoms with Crippen LogP contribution in [0.3, 0.4) is 0 Å². The van der Waals surface area contributed by atoms with Crippen molar-refractivity contribution in [1.82, 2.24) is 0 Å². The molecule has 0 heterocycles. The average Bonchev–Trinajstić information content (AvgIpc) is 2.37. The molecule has 0 amide bonds. The molecule has 0 unspecified atom stereocenters. The number of hydrogen-bond donors (Lipinski definition) is 2. The molecule has 2 N–H and O–H groups in total. The molecule has 2 rings (SSSR count). The molecule has 5 heteroatoms. The summed E-state index contributed by atoms with van der Waals surface area (Å²) in [6.07, 6.45) is 0. The third-order valence-electron chi connectivity index (χ3n) is 2.64. The second kappa shape index (κ2) is 5.71. The molecule has 98 valence electrons. The van der Waals surface area contributed by atoms with Crippen LogP contribution in [0, 0.1) is 5.82 Å². The maximum Gasteiger partial charge on any atom is 0.337 e. The van der Waals surface area contributed by atoms with Crippen molar-refractivity contribution in [2.24, 2.45) is 0 Å². The highest BCUT2D eigenvalue weighted by atomic mass is 35.5. The van der Waals surface area contributed by atoms with E-state index in [2.05, 4.69) is 5.32 Å². The summed E-state index contributed by atoms with van der Waals surface area (Å²) in [6, 6.07) is 10.7. The van der Waals surface area contributed by atoms with E-state index in [-0.39, 0.29) is 17.9 Å². The van der Waals surface area contributed by atoms with Gasteiger partial charge in [0.25, 0.3) is 0 Å². The van der Waals surface area contributed by atoms with Gasteiger partial charge in [0.1, 0.15) is 5.82 Å². The molecule has 0 radical (unpaired) electrons. The molecule has 19 heavy (non-hydrogen) atoms. The normalized spacial score (nSPS) is 10.2. The van der Waals surface area contributed by atoms with Crippen molar-refractivity contribution in [1.29, 1.82) is 0 Å². The van der Waals surface area contributed by atoms with Gasteiger partial charge in [0.2, 0.25) is 0 Å². The highest BCUT2D eigenvalue weighted by Crippen LogP contribution is 2.22. The van der Waals surface area contributed by atoms with E-state index in [9.17, 15) is 9.18 Å². The molecule has 0 aliphatic heterocycles. The number of carboxylic acid groups (broad SMARTS) is 1. The van der Waals surface area contributed by atoms with E-state index in [0.717, 1.165) is 0 Å². The summed E-state index contributed by atoms with van der Waals surface area (Å²) in [5.74, 6) is -1.40. The molecule has 0 fully saturated rings. The number of benzene rings is 2. The number of rotatable bonds is 4. The Bertz CT molecular complexity index is 616. The van der Waals surface area contributed by atoms with Crippen molar-refractivity contribution in [3.05, 3.63) is 64.4 Å². The Morgan fingerprint density at radius 2 is 2.00 bits per heavy atom. The van der Waals surface area contributed by atoms with Gasteiger partial charge in [0, 0.05) is 17.1 Å². The van der Waals surface area contributed by atoms with Crippen LogP contribution >= 0.6 is 11.6 Å². The van der Waals surface area contributed by atoms with Crippen molar-refractivity contribution in [2.45, 2.75) is 6.54 Å². The summed E-state index contributed by atoms with van der Waals surface area (Å²) in [5, 5.41) is 12.4. The molecule has 0 aromatic heterocycles. The monoisotopic (exact) mass is 279 g/mol. The van der Waals surface area contributed by atoms with Crippen LogP contribution in [0.15, 0.2) is 42.5 Å². The quantitative estimate of drug-likeness (QED) is 0.895. The average molecular weight is 280 g/mol. The number of nitrogens with one attached hydrogen (secondary N) is 1. The van der Waals surface area contributed by atoms with Gasteiger partial charge in [-0.25, -0.2) is 9.18 Å². The summed E-state index contributed by atoms with van der Waals surface area (Å²) >= 11 is 5.83. The maximum atomic E-state index is 13.4. The highest BCUT2D eigenvalue weighted by molar-refractivity contribution is 6.31. The van der Waals surface area contributed by atoms with Crippen molar-refractivity contribution in [3.8, 4) is 0 Å². The molecule has 3 nitrogen and oxygen atoms in total. The molecular weight excluding hydrogens is 269 g/mol. The van der Waals surface area contributed by atoms with E-state index in [0.29, 0.717) is 16.3 Å². The Morgan fingerprint density at radius 1 is 1.26 bits per heavy atom. The molecule has 0 aliphatic carbocycles. The topological polar surface area (TPSA) is 49.3 Å². The van der Waals surface area contributed by atoms with Crippen molar-refractivity contribution >= 4 is 23.3 Å². The number of carbonyl (C=O) groups is 1. The van der Waals surface area contributed by atoms with Crippen LogP contribution in [0.25, 0.3) is 0 Å². The lowest BCUT2D eigenvalue weighted by Crippen LogP contribution is -2.07. The number of carboxylic acids is 1. The van der Waals surface area contributed by atoms with E-state index in [1.165, 1.54) is 24.3 Å². The fourth-order valence-corrected chi connectivity index (χ4v) is 1.85. The first-order chi connectivity index (χ1) is 9.08. The van der Waals surface area contributed by atoms with Crippen molar-refractivity contribution < 1.29 is 14.3 Å². The minimum absolute atomic E-state index is 0.0979. The van der Waals surface area contributed by atoms with Crippen molar-refractivity contribution in [2.75, 3.05) is 5.32 Å². The summed E-state index contributed by atoms with van der Waals surface area (Å²) < 4.78 is 13.4. The fourth-order valence-electron chi connectivity index (χ4n) is 1.68. The van der Waals surface area contributed by atoms with Gasteiger partial charge >= 0.3 is 5.97 Å². The van der Waals surface area contributed by atoms with Crippen LogP contribution < -0.4 is 5.32 Å². The molecule has 0 atom stereocenters. The third-order valence-corrected chi connectivity index (χ3v) is 2.87. The maximum absolute atomic E-state index is 13.4. The molecule has 0 bridgehead atoms. The zero-order chi connectivity index (χ0) is 13.8. The van der Waals surface area contributed by atoms with Gasteiger partial charge in [-0.1, -0.05) is 29.8 Å². The second-order valence-corrected chi connectivity index (χ2v) is 4.38. The van der Waals surface area contributed by atoms with Crippen LogP contribution in [0.1, 0.15) is 15.9 Å². The van der Waals surface area contributed by atoms with Crippen LogP contribution in [0.2, 0.25) is 5.02 Å². The van der Waals surface area contributed by atoms with Crippen LogP contribution in [0.4, 0.5) is 10.1 Å². The van der Waals surface area contributed by atoms with Gasteiger partial charge in [0.15, 0.2) is 0 Å². The molecule has 0 saturated heterocycles. The van der Waals surface area contributed by atoms with E-state index < -0.39 is 5.97 Å². The predicted octanol–water partition coefficient (Wildman–Crippen LogP) is 3.79. The van der Waals surface area contributed by atoms with E-state index in [1.54, 1.807) is 18.2 Å². The molecular formula is C14H11ClFNO2. The first-order valence-corrected chi connectivity index (χ1v) is 5.96. The van der Waals surface area contributed by atoms with Crippen molar-refractivity contribution in [3.63, 3.8) is 0 Å². The first kappa shape index (κ1) is 13.4. The molecule has 0 saturated carbocycles. The lowest BCUT2D eigenvalue weighted by molar-refractivity contribution is 0.0698. The Balaban J connectivity index is 2.22. The summed E-state index contributed by atoms with van der Waals surface area (Å²) in [5.41, 5.74) is 0.919. The van der Waals surface area contributed by atoms with Gasteiger partial charge < -0.3 is 10.4 Å². The van der Waals surface area contributed by atoms with Crippen LogP contribution in [-0.2, 0) is 6.54 Å². The van der Waals surface area contributed by atoms with Gasteiger partial charge in [-0.2, -0.15) is 0 Å². The van der Waals surface area contributed by atoms with Gasteiger partial charge in [-0.3, -0.25) is 0 Å². The first-order valence-electron chi connectivity index (χ1n) is 5.58. The largest absolute Gasteiger partial charge is 0.478 e. The number of aromatic carboxylic acids is 1. The smallest absolute Gasteiger partial charge is 0.337 e. The Morgan fingerprint density at radius 3 is 2.68 bits per heavy atom. The standard InChI is InChI=1S/C14H11ClFNO2/c15-10-5-6-11(14(18)19)13(7-10)17-8-9-3-1-2-4-12(9)16/h1-7,17H,8H2,(H,18,19). The zero-order valence-electron chi connectivity index (χ0n) is 9.86. The zero-order valence-corrected chi connectivity index (χ0v) is 10.6. The minimum atomic E-state index is -1.06. The number of anilines is 1. The molecule has 2 aromatic carbocycles. The third kappa shape index (κ3) is 3.23. The van der Waals surface area contributed by atoms with Crippen LogP contribution in [-0.4, -0.2) is 11.1 Å². The molecule has 0 aliphatic rings. The van der Waals surface area contributed by atoms with E-state index >= 15 is 0 Å².